The van der Waals surface area contributed by atoms with E-state index >= 15 is 0 Å². The van der Waals surface area contributed by atoms with Gasteiger partial charge in [0.1, 0.15) is 0 Å². The normalized spacial score (nSPS) is 19.5. The molecule has 0 saturated carbocycles. The van der Waals surface area contributed by atoms with Gasteiger partial charge in [0.05, 0.1) is 16.7 Å². The number of hydrogen-bond donors (Lipinski definition) is 0. The van der Waals surface area contributed by atoms with Gasteiger partial charge in [0, 0.05) is 46.4 Å². The smallest absolute Gasteiger partial charge is 0.170 e. The van der Waals surface area contributed by atoms with Crippen LogP contribution >= 0.6 is 0 Å². The lowest BCUT2D eigenvalue weighted by Gasteiger charge is -2.50. The van der Waals surface area contributed by atoms with Crippen LogP contribution in [0.15, 0.2) is 110 Å². The first-order chi connectivity index (χ1) is 19.7. The van der Waals surface area contributed by atoms with Gasteiger partial charge >= 0.3 is 0 Å². The summed E-state index contributed by atoms with van der Waals surface area (Å²) in [6, 6.07) is 18.0. The van der Waals surface area contributed by atoms with Gasteiger partial charge in [-0.25, -0.2) is 0 Å². The maximum atomic E-state index is 6.82. The van der Waals surface area contributed by atoms with E-state index in [1.165, 1.54) is 38.7 Å². The molecular weight excluding hydrogens is 502 g/mol. The number of fused-ring (bicyclic) bond motifs is 3. The van der Waals surface area contributed by atoms with Crippen LogP contribution in [0.25, 0.3) is 27.5 Å². The minimum atomic E-state index is -0.603. The number of nitrogens with zero attached hydrogens (tertiary/aromatic N) is 3. The van der Waals surface area contributed by atoms with Gasteiger partial charge in [-0.05, 0) is 55.2 Å². The zero-order valence-electron chi connectivity index (χ0n) is 24.7. The van der Waals surface area contributed by atoms with Crippen molar-refractivity contribution in [3.8, 4) is 17.2 Å². The van der Waals surface area contributed by atoms with E-state index in [1.54, 1.807) is 0 Å². The first-order valence-corrected chi connectivity index (χ1v) is 14.5. The first-order valence-electron chi connectivity index (χ1n) is 14.5. The third-order valence-electron chi connectivity index (χ3n) is 8.96. The maximum absolute atomic E-state index is 6.82. The number of hydrogen-bond acceptors (Lipinski definition) is 3. The highest BCUT2D eigenvalue weighted by Crippen LogP contribution is 2.59. The summed E-state index contributed by atoms with van der Waals surface area (Å²) in [5, 5.41) is 2.49. The quantitative estimate of drug-likeness (QED) is 0.208. The van der Waals surface area contributed by atoms with Crippen molar-refractivity contribution in [2.24, 2.45) is 0 Å². The summed E-state index contributed by atoms with van der Waals surface area (Å²) >= 11 is 0. The van der Waals surface area contributed by atoms with Crippen LogP contribution < -0.4 is 4.74 Å². The van der Waals surface area contributed by atoms with E-state index in [2.05, 4.69) is 135 Å². The van der Waals surface area contributed by atoms with Gasteiger partial charge in [-0.3, -0.25) is 0 Å². The first kappa shape index (κ1) is 25.5. The van der Waals surface area contributed by atoms with Crippen molar-refractivity contribution in [2.45, 2.75) is 45.7 Å². The topological polar surface area (TPSA) is 20.6 Å². The van der Waals surface area contributed by atoms with Crippen molar-refractivity contribution in [1.29, 1.82) is 0 Å². The van der Waals surface area contributed by atoms with Crippen LogP contribution in [0.3, 0.4) is 0 Å². The van der Waals surface area contributed by atoms with Crippen molar-refractivity contribution in [3.63, 3.8) is 0 Å². The van der Waals surface area contributed by atoms with Crippen LogP contribution in [0.1, 0.15) is 51.3 Å². The van der Waals surface area contributed by atoms with Crippen LogP contribution in [0.5, 0.6) is 11.5 Å². The Morgan fingerprint density at radius 1 is 0.927 bits per heavy atom. The van der Waals surface area contributed by atoms with Gasteiger partial charge in [0.2, 0.25) is 0 Å². The minimum absolute atomic E-state index is 0.00735. The molecule has 41 heavy (non-hydrogen) atoms. The standard InChI is InChI=1S/C37H37N3O/c1-8-10-14-24(3)38-20-21-39(25(4)15-11-9-2)37(38)29-17-12-16-27-28-22-26(36(5,6)7)23-32-34(28)40(33(27)29)35-30(37)18-13-19-31(35)41-32/h8-19,22-23H,1,3,20-21H2,2,4-7H3/b11-9-,14-10-,25-15+. The monoisotopic (exact) mass is 539 g/mol. The Morgan fingerprint density at radius 3 is 2.44 bits per heavy atom. The number of allylic oxidation sites excluding steroid dienone is 7. The zero-order valence-corrected chi connectivity index (χ0v) is 24.7. The van der Waals surface area contributed by atoms with E-state index in [1.807, 2.05) is 12.2 Å². The molecule has 1 spiro atoms. The Bertz CT molecular complexity index is 1880. The fourth-order valence-electron chi connectivity index (χ4n) is 7.18. The molecule has 4 aromatic rings. The summed E-state index contributed by atoms with van der Waals surface area (Å²) in [6.07, 6.45) is 12.3. The summed E-state index contributed by atoms with van der Waals surface area (Å²) in [7, 11) is 0. The summed E-state index contributed by atoms with van der Waals surface area (Å²) < 4.78 is 9.29. The maximum Gasteiger partial charge on any atom is 0.170 e. The van der Waals surface area contributed by atoms with Crippen LogP contribution in [0, 0.1) is 0 Å². The Labute approximate surface area is 242 Å². The lowest BCUT2D eigenvalue weighted by Crippen LogP contribution is -2.52. The Hall–Kier alpha value is -4.44. The molecule has 1 fully saturated rings. The van der Waals surface area contributed by atoms with E-state index in [9.17, 15) is 0 Å². The van der Waals surface area contributed by atoms with Gasteiger partial charge in [0.15, 0.2) is 17.2 Å². The number of ether oxygens (including phenoxy) is 1. The molecule has 1 unspecified atom stereocenters. The Morgan fingerprint density at radius 2 is 1.68 bits per heavy atom. The summed E-state index contributed by atoms with van der Waals surface area (Å²) in [5.41, 5.74) is 8.81. The molecule has 4 heteroatoms. The predicted octanol–water partition coefficient (Wildman–Crippen LogP) is 9.05. The van der Waals surface area contributed by atoms with Crippen LogP contribution in [-0.4, -0.2) is 27.5 Å². The zero-order chi connectivity index (χ0) is 28.7. The molecular formula is C37H37N3O. The van der Waals surface area contributed by atoms with Crippen LogP contribution in [0.4, 0.5) is 0 Å². The molecule has 0 radical (unpaired) electrons. The highest BCUT2D eigenvalue weighted by Gasteiger charge is 2.55. The largest absolute Gasteiger partial charge is 0.453 e. The second kappa shape index (κ2) is 8.78. The highest BCUT2D eigenvalue weighted by atomic mass is 16.5. The van der Waals surface area contributed by atoms with E-state index in [-0.39, 0.29) is 5.41 Å². The van der Waals surface area contributed by atoms with E-state index in [4.69, 9.17) is 4.74 Å². The van der Waals surface area contributed by atoms with Crippen molar-refractivity contribution >= 4 is 21.8 Å². The molecule has 3 aliphatic rings. The molecule has 1 atom stereocenters. The van der Waals surface area contributed by atoms with Crippen molar-refractivity contribution in [2.75, 3.05) is 13.1 Å². The van der Waals surface area contributed by atoms with Gasteiger partial charge < -0.3 is 19.1 Å². The second-order valence-electron chi connectivity index (χ2n) is 12.3. The molecule has 3 aliphatic heterocycles. The van der Waals surface area contributed by atoms with Crippen molar-refractivity contribution in [3.05, 3.63) is 126 Å². The van der Waals surface area contributed by atoms with Crippen LogP contribution in [0.2, 0.25) is 0 Å². The molecule has 0 amide bonds. The molecule has 3 aromatic carbocycles. The van der Waals surface area contributed by atoms with E-state index in [0.717, 1.165) is 41.5 Å². The third-order valence-corrected chi connectivity index (χ3v) is 8.96. The SMILES string of the molecule is C=C/C=C\C(=C)N1CCN(/C(C)=C/C=C\C)C12c1cccc3c1-n1c4c(cc(C(C)(C)C)cc4c4cccc2c41)O3. The minimum Gasteiger partial charge on any atom is -0.453 e. The number of aromatic nitrogens is 1. The predicted molar refractivity (Wildman–Crippen MR) is 171 cm³/mol. The molecule has 0 aliphatic carbocycles. The lowest BCUT2D eigenvalue weighted by atomic mass is 9.83. The fourth-order valence-corrected chi connectivity index (χ4v) is 7.18. The molecule has 0 N–H and O–H groups in total. The van der Waals surface area contributed by atoms with Gasteiger partial charge in [-0.1, -0.05) is 88.6 Å². The molecule has 4 nitrogen and oxygen atoms in total. The number of benzene rings is 3. The van der Waals surface area contributed by atoms with E-state index < -0.39 is 5.66 Å². The van der Waals surface area contributed by atoms with E-state index in [0.29, 0.717) is 0 Å². The Balaban J connectivity index is 1.67. The summed E-state index contributed by atoms with van der Waals surface area (Å²) in [5.74, 6) is 1.82. The molecule has 0 bridgehead atoms. The molecule has 1 aromatic heterocycles. The van der Waals surface area contributed by atoms with Crippen molar-refractivity contribution in [1.82, 2.24) is 14.4 Å². The third kappa shape index (κ3) is 3.28. The van der Waals surface area contributed by atoms with Crippen molar-refractivity contribution < 1.29 is 4.74 Å². The highest BCUT2D eigenvalue weighted by molar-refractivity contribution is 6.14. The molecule has 4 heterocycles. The van der Waals surface area contributed by atoms with Gasteiger partial charge in [-0.2, -0.15) is 0 Å². The van der Waals surface area contributed by atoms with Gasteiger partial charge in [-0.15, -0.1) is 0 Å². The fraction of sp³-hybridized carbons (Fsp3) is 0.243. The number of rotatable bonds is 5. The number of para-hydroxylation sites is 2. The summed E-state index contributed by atoms with van der Waals surface area (Å²) in [6.45, 7) is 21.3. The average molecular weight is 540 g/mol. The molecule has 206 valence electrons. The molecule has 1 saturated heterocycles. The lowest BCUT2D eigenvalue weighted by molar-refractivity contribution is 0.105. The van der Waals surface area contributed by atoms with Crippen LogP contribution in [-0.2, 0) is 11.1 Å². The Kier molecular flexibility index (Phi) is 5.46. The van der Waals surface area contributed by atoms with Gasteiger partial charge in [0.25, 0.3) is 0 Å². The summed E-state index contributed by atoms with van der Waals surface area (Å²) in [4.78, 5) is 5.03. The second-order valence-corrected chi connectivity index (χ2v) is 12.3. The average Bonchev–Trinajstić information content (AvgIpc) is 3.51. The molecule has 7 rings (SSSR count).